The van der Waals surface area contributed by atoms with E-state index in [1.54, 1.807) is 0 Å². The van der Waals surface area contributed by atoms with E-state index in [0.29, 0.717) is 6.04 Å². The fourth-order valence-electron chi connectivity index (χ4n) is 1.85. The number of rotatable bonds is 5. The van der Waals surface area contributed by atoms with E-state index in [9.17, 15) is 0 Å². The minimum absolute atomic E-state index is 0.693. The van der Waals surface area contributed by atoms with Gasteiger partial charge in [-0.2, -0.15) is 0 Å². The van der Waals surface area contributed by atoms with E-state index in [2.05, 4.69) is 24.1 Å². The highest BCUT2D eigenvalue weighted by molar-refractivity contribution is 5.01. The lowest BCUT2D eigenvalue weighted by atomic mass is 10.1. The van der Waals surface area contributed by atoms with Gasteiger partial charge in [-0.05, 0) is 25.8 Å². The van der Waals surface area contributed by atoms with Gasteiger partial charge in [0.2, 0.25) is 0 Å². The van der Waals surface area contributed by atoms with Crippen molar-refractivity contribution in [3.63, 3.8) is 0 Å². The first-order valence-corrected chi connectivity index (χ1v) is 6.12. The van der Waals surface area contributed by atoms with Crippen molar-refractivity contribution in [2.24, 2.45) is 0 Å². The second-order valence-electron chi connectivity index (χ2n) is 4.16. The maximum atomic E-state index is 3.47. The van der Waals surface area contributed by atoms with E-state index < -0.39 is 0 Å². The molecule has 0 aromatic carbocycles. The van der Waals surface area contributed by atoms with Crippen LogP contribution in [-0.2, 0) is 0 Å². The van der Waals surface area contributed by atoms with Gasteiger partial charge >= 0.3 is 0 Å². The highest BCUT2D eigenvalue weighted by Gasteiger charge is 2.11. The van der Waals surface area contributed by atoms with Gasteiger partial charge in [-0.25, -0.2) is 0 Å². The van der Waals surface area contributed by atoms with E-state index in [0.717, 1.165) is 12.8 Å². The van der Waals surface area contributed by atoms with Crippen LogP contribution in [0.15, 0.2) is 0 Å². The standard InChI is InChI=1S/C13H23N/c1-2-3-4-5-6-7-8-10-13-11-9-12-14-13/h13-14H,2-6,9-12H2,1H3. The molecule has 1 heteroatoms. The lowest BCUT2D eigenvalue weighted by molar-refractivity contribution is 0.622. The van der Waals surface area contributed by atoms with Gasteiger partial charge < -0.3 is 5.32 Å². The zero-order chi connectivity index (χ0) is 10.1. The number of hydrogen-bond acceptors (Lipinski definition) is 1. The maximum absolute atomic E-state index is 3.47. The minimum Gasteiger partial charge on any atom is -0.313 e. The van der Waals surface area contributed by atoms with Crippen LogP contribution in [0.5, 0.6) is 0 Å². The van der Waals surface area contributed by atoms with Gasteiger partial charge in [0, 0.05) is 18.9 Å². The predicted octanol–water partition coefficient (Wildman–Crippen LogP) is 3.10. The normalized spacial score (nSPS) is 20.5. The third kappa shape index (κ3) is 5.29. The quantitative estimate of drug-likeness (QED) is 0.522. The van der Waals surface area contributed by atoms with E-state index in [4.69, 9.17) is 0 Å². The highest BCUT2D eigenvalue weighted by atomic mass is 14.9. The molecule has 0 radical (unpaired) electrons. The van der Waals surface area contributed by atoms with Crippen molar-refractivity contribution >= 4 is 0 Å². The van der Waals surface area contributed by atoms with E-state index >= 15 is 0 Å². The summed E-state index contributed by atoms with van der Waals surface area (Å²) in [5, 5.41) is 3.47. The van der Waals surface area contributed by atoms with Crippen molar-refractivity contribution in [2.75, 3.05) is 6.54 Å². The Labute approximate surface area is 88.7 Å². The summed E-state index contributed by atoms with van der Waals surface area (Å²) in [4.78, 5) is 0. The second kappa shape index (κ2) is 7.88. The van der Waals surface area contributed by atoms with Crippen LogP contribution in [0.1, 0.15) is 58.3 Å². The largest absolute Gasteiger partial charge is 0.313 e. The Bertz CT molecular complexity index is 181. The van der Waals surface area contributed by atoms with Gasteiger partial charge in [0.25, 0.3) is 0 Å². The number of unbranched alkanes of at least 4 members (excludes halogenated alkanes) is 4. The minimum atomic E-state index is 0.693. The number of hydrogen-bond donors (Lipinski definition) is 1. The summed E-state index contributed by atoms with van der Waals surface area (Å²) in [5.41, 5.74) is 0. The molecule has 1 saturated heterocycles. The zero-order valence-corrected chi connectivity index (χ0v) is 9.44. The molecule has 0 saturated carbocycles. The fraction of sp³-hybridized carbons (Fsp3) is 0.846. The molecule has 0 amide bonds. The van der Waals surface area contributed by atoms with E-state index in [1.165, 1.54) is 45.1 Å². The molecular formula is C13H23N. The number of nitrogens with one attached hydrogen (secondary N) is 1. The highest BCUT2D eigenvalue weighted by Crippen LogP contribution is 2.07. The van der Waals surface area contributed by atoms with E-state index in [1.807, 2.05) is 0 Å². The first kappa shape index (κ1) is 11.6. The van der Waals surface area contributed by atoms with Crippen molar-refractivity contribution in [2.45, 2.75) is 64.3 Å². The first-order valence-electron chi connectivity index (χ1n) is 6.12. The van der Waals surface area contributed by atoms with Crippen molar-refractivity contribution in [1.82, 2.24) is 5.32 Å². The van der Waals surface area contributed by atoms with Crippen LogP contribution in [0.3, 0.4) is 0 Å². The molecular weight excluding hydrogens is 170 g/mol. The van der Waals surface area contributed by atoms with Crippen molar-refractivity contribution in [3.05, 3.63) is 0 Å². The topological polar surface area (TPSA) is 12.0 Å². The van der Waals surface area contributed by atoms with E-state index in [-0.39, 0.29) is 0 Å². The molecule has 0 aliphatic carbocycles. The second-order valence-corrected chi connectivity index (χ2v) is 4.16. The Kier molecular flexibility index (Phi) is 6.53. The molecule has 1 fully saturated rings. The van der Waals surface area contributed by atoms with Crippen LogP contribution >= 0.6 is 0 Å². The van der Waals surface area contributed by atoms with Crippen molar-refractivity contribution in [3.8, 4) is 11.8 Å². The van der Waals surface area contributed by atoms with Gasteiger partial charge in [0.05, 0.1) is 0 Å². The maximum Gasteiger partial charge on any atom is 0.0243 e. The summed E-state index contributed by atoms with van der Waals surface area (Å²) in [6.07, 6.45) is 10.2. The molecule has 1 unspecified atom stereocenters. The molecule has 0 aromatic rings. The van der Waals surface area contributed by atoms with Gasteiger partial charge in [0.1, 0.15) is 0 Å². The van der Waals surface area contributed by atoms with Gasteiger partial charge in [-0.1, -0.05) is 26.2 Å². The molecule has 0 bridgehead atoms. The van der Waals surface area contributed by atoms with Crippen LogP contribution in [0.25, 0.3) is 0 Å². The van der Waals surface area contributed by atoms with Gasteiger partial charge in [-0.3, -0.25) is 0 Å². The van der Waals surface area contributed by atoms with Crippen molar-refractivity contribution in [1.29, 1.82) is 0 Å². The summed E-state index contributed by atoms with van der Waals surface area (Å²) < 4.78 is 0. The molecule has 1 aliphatic rings. The van der Waals surface area contributed by atoms with Crippen LogP contribution < -0.4 is 5.32 Å². The predicted molar refractivity (Wildman–Crippen MR) is 62.2 cm³/mol. The monoisotopic (exact) mass is 193 g/mol. The molecule has 0 spiro atoms. The lowest BCUT2D eigenvalue weighted by Crippen LogP contribution is -2.20. The van der Waals surface area contributed by atoms with Crippen molar-refractivity contribution < 1.29 is 0 Å². The lowest BCUT2D eigenvalue weighted by Gasteiger charge is -2.02. The Morgan fingerprint density at radius 2 is 2.14 bits per heavy atom. The Morgan fingerprint density at radius 3 is 2.86 bits per heavy atom. The van der Waals surface area contributed by atoms with Crippen LogP contribution in [0, 0.1) is 11.8 Å². The third-order valence-corrected chi connectivity index (χ3v) is 2.79. The first-order chi connectivity index (χ1) is 6.93. The molecule has 14 heavy (non-hydrogen) atoms. The van der Waals surface area contributed by atoms with Gasteiger partial charge in [0.15, 0.2) is 0 Å². The molecule has 1 nitrogen and oxygen atoms in total. The van der Waals surface area contributed by atoms with Crippen LogP contribution in [-0.4, -0.2) is 12.6 Å². The molecule has 0 aromatic heterocycles. The zero-order valence-electron chi connectivity index (χ0n) is 9.44. The third-order valence-electron chi connectivity index (χ3n) is 2.79. The SMILES string of the molecule is CCCCCCC#CCC1CCCN1. The molecule has 1 heterocycles. The van der Waals surface area contributed by atoms with Gasteiger partial charge in [-0.15, -0.1) is 11.8 Å². The Hall–Kier alpha value is -0.480. The fourth-order valence-corrected chi connectivity index (χ4v) is 1.85. The smallest absolute Gasteiger partial charge is 0.0243 e. The Balaban J connectivity index is 1.91. The molecule has 80 valence electrons. The average molecular weight is 193 g/mol. The molecule has 1 aliphatic heterocycles. The molecule has 1 rings (SSSR count). The van der Waals surface area contributed by atoms with Crippen LogP contribution in [0.4, 0.5) is 0 Å². The molecule has 1 atom stereocenters. The summed E-state index contributed by atoms with van der Waals surface area (Å²) in [5.74, 6) is 6.57. The summed E-state index contributed by atoms with van der Waals surface area (Å²) >= 11 is 0. The average Bonchev–Trinajstić information content (AvgIpc) is 2.69. The summed E-state index contributed by atoms with van der Waals surface area (Å²) in [6.45, 7) is 3.44. The summed E-state index contributed by atoms with van der Waals surface area (Å²) in [6, 6.07) is 0.693. The summed E-state index contributed by atoms with van der Waals surface area (Å²) in [7, 11) is 0. The molecule has 1 N–H and O–H groups in total. The Morgan fingerprint density at radius 1 is 1.21 bits per heavy atom. The van der Waals surface area contributed by atoms with Crippen LogP contribution in [0.2, 0.25) is 0 Å².